The number of ketones is 1. The van der Waals surface area contributed by atoms with E-state index in [-0.39, 0.29) is 21.9 Å². The van der Waals surface area contributed by atoms with Crippen LogP contribution in [0.15, 0.2) is 60.4 Å². The van der Waals surface area contributed by atoms with Gasteiger partial charge in [0.25, 0.3) is 0 Å². The normalized spacial score (nSPS) is 12.9. The first-order valence-corrected chi connectivity index (χ1v) is 12.8. The fourth-order valence-corrected chi connectivity index (χ4v) is 5.76. The van der Waals surface area contributed by atoms with Gasteiger partial charge in [-0.05, 0) is 25.8 Å². The third-order valence-electron chi connectivity index (χ3n) is 6.72. The maximum atomic E-state index is 13.7. The molecule has 3 heterocycles. The zero-order chi connectivity index (χ0) is 27.1. The highest BCUT2D eigenvalue weighted by molar-refractivity contribution is 7.17. The molecule has 0 saturated carbocycles. The SMILES string of the molecule is C/C(=C\Cc1cccc2c(C(=O)c3sc(C(=O)O)c(-c4c[nH]c5c(C(C)O)cccc45)c3O)c[nH]c12)CO. The molecule has 0 fully saturated rings. The van der Waals surface area contributed by atoms with E-state index in [0.29, 0.717) is 39.4 Å². The number of carboxylic acids is 1. The smallest absolute Gasteiger partial charge is 0.346 e. The summed E-state index contributed by atoms with van der Waals surface area (Å²) in [4.78, 5) is 31.9. The molecule has 0 spiro atoms. The van der Waals surface area contributed by atoms with Gasteiger partial charge < -0.3 is 30.4 Å². The van der Waals surface area contributed by atoms with Gasteiger partial charge in [0.05, 0.1) is 23.8 Å². The Kier molecular flexibility index (Phi) is 6.66. The fourth-order valence-electron chi connectivity index (χ4n) is 4.76. The monoisotopic (exact) mass is 530 g/mol. The molecule has 6 N–H and O–H groups in total. The Morgan fingerprint density at radius 2 is 1.74 bits per heavy atom. The number of carbonyl (C=O) groups excluding carboxylic acids is 1. The van der Waals surface area contributed by atoms with Crippen molar-refractivity contribution in [2.24, 2.45) is 0 Å². The van der Waals surface area contributed by atoms with Crippen molar-refractivity contribution < 1.29 is 30.0 Å². The minimum Gasteiger partial charge on any atom is -0.506 e. The topological polar surface area (TPSA) is 147 Å². The van der Waals surface area contributed by atoms with Gasteiger partial charge >= 0.3 is 5.97 Å². The molecule has 0 radical (unpaired) electrons. The van der Waals surface area contributed by atoms with Gasteiger partial charge in [0, 0.05) is 45.4 Å². The summed E-state index contributed by atoms with van der Waals surface area (Å²) in [6.07, 6.45) is 4.87. The van der Waals surface area contributed by atoms with E-state index < -0.39 is 23.6 Å². The summed E-state index contributed by atoms with van der Waals surface area (Å²) in [5, 5.41) is 41.9. The Hall–Kier alpha value is -4.18. The predicted octanol–water partition coefficient (Wildman–Crippen LogP) is 5.55. The van der Waals surface area contributed by atoms with Crippen molar-refractivity contribution in [3.8, 4) is 16.9 Å². The molecule has 0 saturated heterocycles. The second-order valence-corrected chi connectivity index (χ2v) is 10.2. The number of carbonyl (C=O) groups is 2. The molecule has 1 unspecified atom stereocenters. The van der Waals surface area contributed by atoms with E-state index in [4.69, 9.17) is 0 Å². The van der Waals surface area contributed by atoms with E-state index in [0.717, 1.165) is 28.0 Å². The Morgan fingerprint density at radius 1 is 1.03 bits per heavy atom. The summed E-state index contributed by atoms with van der Waals surface area (Å²) in [5.74, 6) is -2.14. The van der Waals surface area contributed by atoms with Crippen molar-refractivity contribution in [2.75, 3.05) is 6.61 Å². The lowest BCUT2D eigenvalue weighted by Crippen LogP contribution is -1.98. The lowest BCUT2D eigenvalue weighted by Gasteiger charge is -2.07. The number of allylic oxidation sites excluding steroid dienone is 1. The number of carboxylic acid groups (broad SMARTS) is 1. The Labute approximate surface area is 221 Å². The number of aromatic nitrogens is 2. The molecule has 5 rings (SSSR count). The Morgan fingerprint density at radius 3 is 2.45 bits per heavy atom. The molecule has 1 atom stereocenters. The van der Waals surface area contributed by atoms with Crippen molar-refractivity contribution in [3.05, 3.63) is 86.9 Å². The van der Waals surface area contributed by atoms with Crippen LogP contribution in [0.2, 0.25) is 0 Å². The number of H-pyrrole nitrogens is 2. The number of hydrogen-bond acceptors (Lipinski definition) is 6. The molecule has 38 heavy (non-hydrogen) atoms. The first kappa shape index (κ1) is 25.5. The second kappa shape index (κ2) is 9.94. The number of aromatic amines is 2. The number of aliphatic hydroxyl groups excluding tert-OH is 2. The van der Waals surface area contributed by atoms with Crippen LogP contribution in [0.1, 0.15) is 56.0 Å². The van der Waals surface area contributed by atoms with Crippen LogP contribution in [0.4, 0.5) is 0 Å². The van der Waals surface area contributed by atoms with E-state index in [1.165, 1.54) is 0 Å². The third kappa shape index (κ3) is 4.20. The fraction of sp³-hybridized carbons (Fsp3) is 0.172. The van der Waals surface area contributed by atoms with Crippen molar-refractivity contribution in [1.82, 2.24) is 9.97 Å². The predicted molar refractivity (Wildman–Crippen MR) is 147 cm³/mol. The maximum absolute atomic E-state index is 13.7. The summed E-state index contributed by atoms with van der Waals surface area (Å²) in [7, 11) is 0. The van der Waals surface area contributed by atoms with Crippen LogP contribution in [0.5, 0.6) is 5.75 Å². The third-order valence-corrected chi connectivity index (χ3v) is 7.88. The Balaban J connectivity index is 1.63. The molecule has 0 amide bonds. The van der Waals surface area contributed by atoms with Crippen molar-refractivity contribution in [1.29, 1.82) is 0 Å². The van der Waals surface area contributed by atoms with Crippen LogP contribution in [0.25, 0.3) is 32.9 Å². The zero-order valence-electron chi connectivity index (χ0n) is 20.7. The minimum absolute atomic E-state index is 0.0346. The summed E-state index contributed by atoms with van der Waals surface area (Å²) >= 11 is 0.734. The molecule has 3 aromatic heterocycles. The number of hydrogen-bond donors (Lipinski definition) is 6. The van der Waals surface area contributed by atoms with Crippen LogP contribution in [-0.2, 0) is 6.42 Å². The van der Waals surface area contributed by atoms with Gasteiger partial charge in [-0.25, -0.2) is 4.79 Å². The number of aromatic carboxylic acids is 1. The molecule has 194 valence electrons. The summed E-state index contributed by atoms with van der Waals surface area (Å²) in [6.45, 7) is 3.43. The van der Waals surface area contributed by atoms with Crippen molar-refractivity contribution >= 4 is 44.9 Å². The van der Waals surface area contributed by atoms with Gasteiger partial charge in [-0.15, -0.1) is 11.3 Å². The zero-order valence-corrected chi connectivity index (χ0v) is 21.5. The number of rotatable bonds is 8. The number of para-hydroxylation sites is 2. The van der Waals surface area contributed by atoms with Crippen LogP contribution in [0, 0.1) is 0 Å². The molecular weight excluding hydrogens is 504 g/mol. The highest BCUT2D eigenvalue weighted by Gasteiger charge is 2.30. The van der Waals surface area contributed by atoms with E-state index in [9.17, 15) is 30.0 Å². The maximum Gasteiger partial charge on any atom is 0.346 e. The second-order valence-electron chi connectivity index (χ2n) is 9.22. The number of aromatic hydroxyl groups is 1. The highest BCUT2D eigenvalue weighted by atomic mass is 32.1. The molecule has 2 aromatic carbocycles. The van der Waals surface area contributed by atoms with Gasteiger partial charge in [-0.1, -0.05) is 48.0 Å². The molecular formula is C29H26N2O6S. The number of fused-ring (bicyclic) bond motifs is 2. The van der Waals surface area contributed by atoms with Crippen LogP contribution in [-0.4, -0.2) is 48.8 Å². The van der Waals surface area contributed by atoms with Crippen molar-refractivity contribution in [2.45, 2.75) is 26.4 Å². The van der Waals surface area contributed by atoms with Crippen molar-refractivity contribution in [3.63, 3.8) is 0 Å². The number of benzene rings is 2. The molecule has 8 nitrogen and oxygen atoms in total. The van der Waals surface area contributed by atoms with Crippen LogP contribution < -0.4 is 0 Å². The van der Waals surface area contributed by atoms with Crippen LogP contribution in [0.3, 0.4) is 0 Å². The molecule has 0 aliphatic carbocycles. The van der Waals surface area contributed by atoms with Gasteiger partial charge in [-0.3, -0.25) is 4.79 Å². The molecule has 0 bridgehead atoms. The summed E-state index contributed by atoms with van der Waals surface area (Å²) in [5.41, 5.74) is 4.60. The molecule has 5 aromatic rings. The summed E-state index contributed by atoms with van der Waals surface area (Å²) < 4.78 is 0. The molecule has 0 aliphatic heterocycles. The largest absolute Gasteiger partial charge is 0.506 e. The molecule has 9 heteroatoms. The number of thiophene rings is 1. The van der Waals surface area contributed by atoms with E-state index in [1.54, 1.807) is 43.6 Å². The summed E-state index contributed by atoms with van der Waals surface area (Å²) in [6, 6.07) is 10.8. The quantitative estimate of drug-likeness (QED) is 0.115. The van der Waals surface area contributed by atoms with E-state index in [2.05, 4.69) is 9.97 Å². The van der Waals surface area contributed by atoms with E-state index in [1.807, 2.05) is 25.1 Å². The van der Waals surface area contributed by atoms with Gasteiger partial charge in [-0.2, -0.15) is 0 Å². The lowest BCUT2D eigenvalue weighted by atomic mass is 9.99. The van der Waals surface area contributed by atoms with Gasteiger partial charge in [0.2, 0.25) is 5.78 Å². The van der Waals surface area contributed by atoms with Gasteiger partial charge in [0.1, 0.15) is 15.5 Å². The van der Waals surface area contributed by atoms with Gasteiger partial charge in [0.15, 0.2) is 0 Å². The highest BCUT2D eigenvalue weighted by Crippen LogP contribution is 2.46. The minimum atomic E-state index is -1.26. The van der Waals surface area contributed by atoms with Crippen LogP contribution >= 0.6 is 11.3 Å². The Bertz CT molecular complexity index is 1740. The first-order valence-electron chi connectivity index (χ1n) is 12.0. The lowest BCUT2D eigenvalue weighted by molar-refractivity contribution is 0.0702. The number of aliphatic hydroxyl groups is 2. The average molecular weight is 531 g/mol. The van der Waals surface area contributed by atoms with E-state index >= 15 is 0 Å². The molecule has 0 aliphatic rings. The average Bonchev–Trinajstić information content (AvgIpc) is 3.61. The number of nitrogens with one attached hydrogen (secondary N) is 2. The standard InChI is InChI=1S/C29H26N2O6S/c1-14(13-32)9-10-16-5-3-7-19-21(12-30-23(16)19)25(34)28-26(35)22(27(38-28)29(36)37)20-11-31-24-17(15(2)33)6-4-8-18(20)24/h3-9,11-12,15,30-33,35H,10,13H2,1-2H3,(H,36,37)/b14-9+. The first-order chi connectivity index (χ1) is 18.2.